The molecule has 1 aromatic rings. The molecule has 0 aliphatic rings. The van der Waals surface area contributed by atoms with E-state index in [2.05, 4.69) is 12.1 Å². The molecule has 0 saturated heterocycles. The molecule has 0 amide bonds. The average molecular weight is 233 g/mol. The van der Waals surface area contributed by atoms with Gasteiger partial charge in [0.15, 0.2) is 11.5 Å². The predicted molar refractivity (Wildman–Crippen MR) is 69.7 cm³/mol. The molecule has 0 unspecified atom stereocenters. The van der Waals surface area contributed by atoms with Crippen LogP contribution in [0.3, 0.4) is 0 Å². The summed E-state index contributed by atoms with van der Waals surface area (Å²) in [6.45, 7) is 5.60. The highest BCUT2D eigenvalue weighted by molar-refractivity contribution is 5.96. The Balaban J connectivity index is 2.71. The maximum Gasteiger partial charge on any atom is 0.168 e. The van der Waals surface area contributed by atoms with Crippen molar-refractivity contribution in [2.45, 2.75) is 40.0 Å². The lowest BCUT2D eigenvalue weighted by Gasteiger charge is -2.04. The highest BCUT2D eigenvalue weighted by Crippen LogP contribution is 2.18. The summed E-state index contributed by atoms with van der Waals surface area (Å²) in [5.74, 6) is 0.512. The second-order valence-electron chi connectivity index (χ2n) is 4.07. The van der Waals surface area contributed by atoms with E-state index in [1.807, 2.05) is 19.1 Å². The SMILES string of the molecule is CCCC/C(C)=N/Oc1ccccc1C(C)=O. The van der Waals surface area contributed by atoms with Gasteiger partial charge in [0.25, 0.3) is 0 Å². The van der Waals surface area contributed by atoms with E-state index < -0.39 is 0 Å². The van der Waals surface area contributed by atoms with E-state index in [-0.39, 0.29) is 5.78 Å². The Labute approximate surface area is 102 Å². The third-order valence-corrected chi connectivity index (χ3v) is 2.46. The van der Waals surface area contributed by atoms with E-state index in [1.54, 1.807) is 12.1 Å². The Morgan fingerprint density at radius 3 is 2.65 bits per heavy atom. The number of carbonyl (C=O) groups is 1. The molecule has 0 heterocycles. The number of Topliss-reactive ketones (excluding diaryl/α,β-unsaturated/α-hetero) is 1. The Morgan fingerprint density at radius 2 is 2.00 bits per heavy atom. The smallest absolute Gasteiger partial charge is 0.168 e. The van der Waals surface area contributed by atoms with Crippen molar-refractivity contribution in [3.05, 3.63) is 29.8 Å². The maximum atomic E-state index is 11.4. The van der Waals surface area contributed by atoms with Gasteiger partial charge in [0.1, 0.15) is 0 Å². The van der Waals surface area contributed by atoms with Gasteiger partial charge >= 0.3 is 0 Å². The van der Waals surface area contributed by atoms with Gasteiger partial charge in [0.05, 0.1) is 11.3 Å². The molecule has 3 heteroatoms. The van der Waals surface area contributed by atoms with Gasteiger partial charge < -0.3 is 4.84 Å². The number of carbonyl (C=O) groups excluding carboxylic acids is 1. The number of nitrogens with zero attached hydrogens (tertiary/aromatic N) is 1. The number of para-hydroxylation sites is 1. The first-order chi connectivity index (χ1) is 8.15. The van der Waals surface area contributed by atoms with E-state index >= 15 is 0 Å². The van der Waals surface area contributed by atoms with E-state index in [0.717, 1.165) is 25.0 Å². The molecular formula is C14H19NO2. The molecule has 92 valence electrons. The summed E-state index contributed by atoms with van der Waals surface area (Å²) < 4.78 is 0. The number of hydrogen-bond acceptors (Lipinski definition) is 3. The molecule has 17 heavy (non-hydrogen) atoms. The molecule has 0 aromatic heterocycles. The highest BCUT2D eigenvalue weighted by atomic mass is 16.6. The van der Waals surface area contributed by atoms with Crippen molar-refractivity contribution in [3.63, 3.8) is 0 Å². The van der Waals surface area contributed by atoms with E-state index in [1.165, 1.54) is 6.92 Å². The first kappa shape index (κ1) is 13.4. The molecule has 0 atom stereocenters. The van der Waals surface area contributed by atoms with Crippen molar-refractivity contribution in [1.82, 2.24) is 0 Å². The number of oxime groups is 1. The standard InChI is InChI=1S/C14H19NO2/c1-4-5-8-11(2)15-17-14-10-7-6-9-13(14)12(3)16/h6-7,9-10H,4-5,8H2,1-3H3/b15-11+. The largest absolute Gasteiger partial charge is 0.356 e. The summed E-state index contributed by atoms with van der Waals surface area (Å²) in [5.41, 5.74) is 1.52. The third-order valence-electron chi connectivity index (χ3n) is 2.46. The lowest BCUT2D eigenvalue weighted by Crippen LogP contribution is -1.99. The van der Waals surface area contributed by atoms with Gasteiger partial charge in [0, 0.05) is 0 Å². The van der Waals surface area contributed by atoms with Crippen LogP contribution >= 0.6 is 0 Å². The van der Waals surface area contributed by atoms with Gasteiger partial charge in [0.2, 0.25) is 0 Å². The van der Waals surface area contributed by atoms with Crippen molar-refractivity contribution in [3.8, 4) is 5.75 Å². The monoisotopic (exact) mass is 233 g/mol. The quantitative estimate of drug-likeness (QED) is 0.425. The molecule has 1 rings (SSSR count). The van der Waals surface area contributed by atoms with Gasteiger partial charge in [-0.1, -0.05) is 30.6 Å². The van der Waals surface area contributed by atoms with Crippen LogP contribution in [-0.2, 0) is 0 Å². The van der Waals surface area contributed by atoms with Crippen LogP contribution in [0.25, 0.3) is 0 Å². The van der Waals surface area contributed by atoms with Crippen LogP contribution < -0.4 is 4.84 Å². The number of ketones is 1. The van der Waals surface area contributed by atoms with Crippen LogP contribution in [0.4, 0.5) is 0 Å². The fourth-order valence-electron chi connectivity index (χ4n) is 1.44. The number of rotatable bonds is 6. The molecule has 0 radical (unpaired) electrons. The maximum absolute atomic E-state index is 11.4. The topological polar surface area (TPSA) is 38.7 Å². The van der Waals surface area contributed by atoms with Crippen LogP contribution in [0.1, 0.15) is 50.4 Å². The van der Waals surface area contributed by atoms with Crippen molar-refractivity contribution in [1.29, 1.82) is 0 Å². The van der Waals surface area contributed by atoms with Crippen LogP contribution in [0, 0.1) is 0 Å². The minimum absolute atomic E-state index is 0.0120. The molecule has 0 saturated carbocycles. The Bertz CT molecular complexity index is 410. The molecule has 1 aromatic carbocycles. The molecule has 0 bridgehead atoms. The zero-order valence-corrected chi connectivity index (χ0v) is 10.7. The fraction of sp³-hybridized carbons (Fsp3) is 0.429. The zero-order valence-electron chi connectivity index (χ0n) is 10.7. The molecule has 0 aliphatic heterocycles. The van der Waals surface area contributed by atoms with Crippen molar-refractivity contribution in [2.75, 3.05) is 0 Å². The highest BCUT2D eigenvalue weighted by Gasteiger charge is 2.07. The second kappa shape index (κ2) is 6.84. The van der Waals surface area contributed by atoms with Crippen LogP contribution in [0.5, 0.6) is 5.75 Å². The normalized spacial score (nSPS) is 11.4. The minimum Gasteiger partial charge on any atom is -0.356 e. The molecule has 0 N–H and O–H groups in total. The summed E-state index contributed by atoms with van der Waals surface area (Å²) in [4.78, 5) is 16.7. The molecule has 0 spiro atoms. The van der Waals surface area contributed by atoms with E-state index in [9.17, 15) is 4.79 Å². The lowest BCUT2D eigenvalue weighted by molar-refractivity contribution is 0.101. The molecular weight excluding hydrogens is 214 g/mol. The van der Waals surface area contributed by atoms with Crippen LogP contribution in [0.2, 0.25) is 0 Å². The zero-order chi connectivity index (χ0) is 12.7. The van der Waals surface area contributed by atoms with Crippen LogP contribution in [-0.4, -0.2) is 11.5 Å². The first-order valence-electron chi connectivity index (χ1n) is 5.95. The van der Waals surface area contributed by atoms with Gasteiger partial charge in [-0.25, -0.2) is 0 Å². The number of hydrogen-bond donors (Lipinski definition) is 0. The lowest BCUT2D eigenvalue weighted by atomic mass is 10.1. The van der Waals surface area contributed by atoms with Gasteiger partial charge in [-0.2, -0.15) is 0 Å². The summed E-state index contributed by atoms with van der Waals surface area (Å²) in [7, 11) is 0. The molecule has 0 fully saturated rings. The molecule has 0 aliphatic carbocycles. The van der Waals surface area contributed by atoms with Gasteiger partial charge in [-0.3, -0.25) is 4.79 Å². The summed E-state index contributed by atoms with van der Waals surface area (Å²) >= 11 is 0. The Morgan fingerprint density at radius 1 is 1.29 bits per heavy atom. The number of unbranched alkanes of at least 4 members (excludes halogenated alkanes) is 1. The van der Waals surface area contributed by atoms with Gasteiger partial charge in [-0.15, -0.1) is 0 Å². The fourth-order valence-corrected chi connectivity index (χ4v) is 1.44. The predicted octanol–water partition coefficient (Wildman–Crippen LogP) is 3.83. The van der Waals surface area contributed by atoms with Crippen LogP contribution in [0.15, 0.2) is 29.4 Å². The summed E-state index contributed by atoms with van der Waals surface area (Å²) in [6, 6.07) is 7.15. The summed E-state index contributed by atoms with van der Waals surface area (Å²) in [6.07, 6.45) is 3.17. The first-order valence-corrected chi connectivity index (χ1v) is 5.95. The van der Waals surface area contributed by atoms with Gasteiger partial charge in [-0.05, 0) is 38.8 Å². The van der Waals surface area contributed by atoms with Crippen molar-refractivity contribution >= 4 is 11.5 Å². The molecule has 3 nitrogen and oxygen atoms in total. The average Bonchev–Trinajstić information content (AvgIpc) is 2.34. The number of benzene rings is 1. The second-order valence-corrected chi connectivity index (χ2v) is 4.07. The van der Waals surface area contributed by atoms with Crippen molar-refractivity contribution in [2.24, 2.45) is 5.16 Å². The summed E-state index contributed by atoms with van der Waals surface area (Å²) in [5, 5.41) is 4.04. The minimum atomic E-state index is -0.0120. The van der Waals surface area contributed by atoms with Crippen molar-refractivity contribution < 1.29 is 9.63 Å². The van der Waals surface area contributed by atoms with E-state index in [0.29, 0.717) is 11.3 Å². The van der Waals surface area contributed by atoms with E-state index in [4.69, 9.17) is 4.84 Å². The third kappa shape index (κ3) is 4.39. The Hall–Kier alpha value is -1.64. The Kier molecular flexibility index (Phi) is 5.40.